The molecule has 0 unspecified atom stereocenters. The SMILES string of the molecule is CC(C)[C@H](NCc1ccon1)c1ccccc1. The van der Waals surface area contributed by atoms with Gasteiger partial charge in [-0.3, -0.25) is 0 Å². The lowest BCUT2D eigenvalue weighted by Crippen LogP contribution is -2.25. The number of nitrogens with zero attached hydrogens (tertiary/aromatic N) is 1. The Labute approximate surface area is 102 Å². The van der Waals surface area contributed by atoms with Gasteiger partial charge in [0.25, 0.3) is 0 Å². The number of aromatic nitrogens is 1. The second-order valence-corrected chi connectivity index (χ2v) is 4.50. The number of benzene rings is 1. The fourth-order valence-corrected chi connectivity index (χ4v) is 1.94. The topological polar surface area (TPSA) is 38.1 Å². The first-order valence-corrected chi connectivity index (χ1v) is 5.95. The van der Waals surface area contributed by atoms with Crippen LogP contribution < -0.4 is 5.32 Å². The zero-order valence-electron chi connectivity index (χ0n) is 10.3. The fourth-order valence-electron chi connectivity index (χ4n) is 1.94. The lowest BCUT2D eigenvalue weighted by Gasteiger charge is -2.22. The van der Waals surface area contributed by atoms with Crippen LogP contribution in [0.2, 0.25) is 0 Å². The van der Waals surface area contributed by atoms with Gasteiger partial charge in [-0.15, -0.1) is 0 Å². The maximum Gasteiger partial charge on any atom is 0.124 e. The van der Waals surface area contributed by atoms with Crippen molar-refractivity contribution in [1.29, 1.82) is 0 Å². The van der Waals surface area contributed by atoms with Crippen LogP contribution in [0.25, 0.3) is 0 Å². The molecule has 17 heavy (non-hydrogen) atoms. The zero-order chi connectivity index (χ0) is 12.1. The lowest BCUT2D eigenvalue weighted by molar-refractivity contribution is 0.384. The smallest absolute Gasteiger partial charge is 0.124 e. The molecule has 1 N–H and O–H groups in total. The molecule has 0 bridgehead atoms. The van der Waals surface area contributed by atoms with E-state index in [0.717, 1.165) is 12.2 Å². The molecule has 90 valence electrons. The van der Waals surface area contributed by atoms with Crippen molar-refractivity contribution in [2.24, 2.45) is 5.92 Å². The molecule has 0 aliphatic heterocycles. The molecule has 1 atom stereocenters. The first kappa shape index (κ1) is 11.9. The molecule has 3 nitrogen and oxygen atoms in total. The first-order chi connectivity index (χ1) is 8.27. The minimum absolute atomic E-state index is 0.341. The third kappa shape index (κ3) is 3.17. The van der Waals surface area contributed by atoms with Crippen LogP contribution in [0.5, 0.6) is 0 Å². The maximum absolute atomic E-state index is 4.82. The molecule has 1 aromatic carbocycles. The molecule has 0 aliphatic carbocycles. The summed E-state index contributed by atoms with van der Waals surface area (Å²) in [5.74, 6) is 0.532. The van der Waals surface area contributed by atoms with Crippen molar-refractivity contribution in [3.8, 4) is 0 Å². The summed E-state index contributed by atoms with van der Waals surface area (Å²) in [6.45, 7) is 5.16. The summed E-state index contributed by atoms with van der Waals surface area (Å²) in [5.41, 5.74) is 2.25. The average molecular weight is 230 g/mol. The van der Waals surface area contributed by atoms with Gasteiger partial charge in [0, 0.05) is 18.7 Å². The van der Waals surface area contributed by atoms with Crippen LogP contribution in [0.1, 0.15) is 31.1 Å². The van der Waals surface area contributed by atoms with Crippen molar-refractivity contribution in [1.82, 2.24) is 10.5 Å². The monoisotopic (exact) mass is 230 g/mol. The summed E-state index contributed by atoms with van der Waals surface area (Å²) in [7, 11) is 0. The zero-order valence-corrected chi connectivity index (χ0v) is 10.3. The van der Waals surface area contributed by atoms with Crippen LogP contribution in [-0.4, -0.2) is 5.16 Å². The quantitative estimate of drug-likeness (QED) is 0.857. The summed E-state index contributed by atoms with van der Waals surface area (Å²) in [6, 6.07) is 12.7. The summed E-state index contributed by atoms with van der Waals surface area (Å²) >= 11 is 0. The molecule has 0 amide bonds. The molecular formula is C14H18N2O. The van der Waals surface area contributed by atoms with Crippen LogP contribution in [-0.2, 0) is 6.54 Å². The summed E-state index contributed by atoms with van der Waals surface area (Å²) in [5, 5.41) is 7.42. The number of hydrogen-bond donors (Lipinski definition) is 1. The Morgan fingerprint density at radius 2 is 1.94 bits per heavy atom. The Morgan fingerprint density at radius 1 is 1.18 bits per heavy atom. The Kier molecular flexibility index (Phi) is 3.94. The van der Waals surface area contributed by atoms with Crippen LogP contribution in [0.4, 0.5) is 0 Å². The second-order valence-electron chi connectivity index (χ2n) is 4.50. The van der Waals surface area contributed by atoms with Crippen molar-refractivity contribution >= 4 is 0 Å². The molecule has 2 aromatic rings. The van der Waals surface area contributed by atoms with E-state index in [1.54, 1.807) is 6.26 Å². The van der Waals surface area contributed by atoms with Gasteiger partial charge in [-0.25, -0.2) is 0 Å². The van der Waals surface area contributed by atoms with Crippen LogP contribution in [0.3, 0.4) is 0 Å². The van der Waals surface area contributed by atoms with Crippen LogP contribution in [0.15, 0.2) is 47.2 Å². The minimum atomic E-state index is 0.341. The molecule has 1 aromatic heterocycles. The minimum Gasteiger partial charge on any atom is -0.364 e. The largest absolute Gasteiger partial charge is 0.364 e. The molecule has 2 rings (SSSR count). The van der Waals surface area contributed by atoms with E-state index >= 15 is 0 Å². The lowest BCUT2D eigenvalue weighted by atomic mass is 9.96. The Hall–Kier alpha value is -1.61. The van der Waals surface area contributed by atoms with E-state index in [1.807, 2.05) is 12.1 Å². The van der Waals surface area contributed by atoms with E-state index in [9.17, 15) is 0 Å². The highest BCUT2D eigenvalue weighted by Crippen LogP contribution is 2.21. The summed E-state index contributed by atoms with van der Waals surface area (Å²) in [6.07, 6.45) is 1.60. The van der Waals surface area contributed by atoms with Crippen molar-refractivity contribution < 1.29 is 4.52 Å². The van der Waals surface area contributed by atoms with E-state index in [-0.39, 0.29) is 0 Å². The van der Waals surface area contributed by atoms with Gasteiger partial charge in [0.15, 0.2) is 0 Å². The fraction of sp³-hybridized carbons (Fsp3) is 0.357. The highest BCUT2D eigenvalue weighted by atomic mass is 16.5. The molecule has 1 heterocycles. The van der Waals surface area contributed by atoms with Gasteiger partial charge < -0.3 is 9.84 Å². The van der Waals surface area contributed by atoms with E-state index in [0.29, 0.717) is 12.0 Å². The molecule has 3 heteroatoms. The third-order valence-electron chi connectivity index (χ3n) is 2.82. The van der Waals surface area contributed by atoms with Crippen molar-refractivity contribution in [2.45, 2.75) is 26.4 Å². The number of hydrogen-bond acceptors (Lipinski definition) is 3. The van der Waals surface area contributed by atoms with Crippen LogP contribution >= 0.6 is 0 Å². The number of nitrogens with one attached hydrogen (secondary N) is 1. The summed E-state index contributed by atoms with van der Waals surface area (Å²) < 4.78 is 4.82. The van der Waals surface area contributed by atoms with Gasteiger partial charge >= 0.3 is 0 Å². The van der Waals surface area contributed by atoms with Gasteiger partial charge in [-0.1, -0.05) is 49.3 Å². The first-order valence-electron chi connectivity index (χ1n) is 5.95. The Balaban J connectivity index is 2.03. The van der Waals surface area contributed by atoms with Gasteiger partial charge in [0.05, 0.1) is 5.69 Å². The highest BCUT2D eigenvalue weighted by Gasteiger charge is 2.14. The normalized spacial score (nSPS) is 12.9. The molecule has 0 fully saturated rings. The van der Waals surface area contributed by atoms with Crippen molar-refractivity contribution in [3.05, 3.63) is 53.9 Å². The third-order valence-corrected chi connectivity index (χ3v) is 2.82. The number of rotatable bonds is 5. The van der Waals surface area contributed by atoms with E-state index < -0.39 is 0 Å². The molecule has 0 spiro atoms. The maximum atomic E-state index is 4.82. The standard InChI is InChI=1S/C14H18N2O/c1-11(2)14(12-6-4-3-5-7-12)15-10-13-8-9-17-16-13/h3-9,11,14-15H,10H2,1-2H3/t14-/m0/s1. The van der Waals surface area contributed by atoms with E-state index in [4.69, 9.17) is 4.52 Å². The van der Waals surface area contributed by atoms with Gasteiger partial charge in [0.1, 0.15) is 6.26 Å². The predicted molar refractivity (Wildman–Crippen MR) is 67.4 cm³/mol. The predicted octanol–water partition coefficient (Wildman–Crippen LogP) is 3.16. The van der Waals surface area contributed by atoms with Crippen molar-refractivity contribution in [2.75, 3.05) is 0 Å². The summed E-state index contributed by atoms with van der Waals surface area (Å²) in [4.78, 5) is 0. The molecule has 0 saturated heterocycles. The van der Waals surface area contributed by atoms with Gasteiger partial charge in [0.2, 0.25) is 0 Å². The second kappa shape index (κ2) is 5.64. The Morgan fingerprint density at radius 3 is 2.53 bits per heavy atom. The van der Waals surface area contributed by atoms with Gasteiger partial charge in [-0.05, 0) is 11.5 Å². The highest BCUT2D eigenvalue weighted by molar-refractivity contribution is 5.19. The molecule has 0 radical (unpaired) electrons. The van der Waals surface area contributed by atoms with Crippen LogP contribution in [0, 0.1) is 5.92 Å². The molecule has 0 saturated carbocycles. The Bertz CT molecular complexity index is 423. The molecular weight excluding hydrogens is 212 g/mol. The van der Waals surface area contributed by atoms with Gasteiger partial charge in [-0.2, -0.15) is 0 Å². The molecule has 0 aliphatic rings. The average Bonchev–Trinajstić information content (AvgIpc) is 2.83. The van der Waals surface area contributed by atoms with E-state index in [2.05, 4.69) is 48.6 Å². The van der Waals surface area contributed by atoms with Crippen molar-refractivity contribution in [3.63, 3.8) is 0 Å². The van der Waals surface area contributed by atoms with E-state index in [1.165, 1.54) is 5.56 Å².